The first kappa shape index (κ1) is 62.1. The predicted octanol–water partition coefficient (Wildman–Crippen LogP) is 17.2. The monoisotopic (exact) mass is 900 g/mol. The topological polar surface area (TPSA) is 95.9 Å². The zero-order valence-electron chi connectivity index (χ0n) is 42.8. The van der Waals surface area contributed by atoms with E-state index in [9.17, 15) is 19.8 Å². The molecule has 6 heteroatoms. The first-order valence-corrected chi connectivity index (χ1v) is 28.2. The van der Waals surface area contributed by atoms with E-state index in [1.165, 1.54) is 180 Å². The summed E-state index contributed by atoms with van der Waals surface area (Å²) in [6.07, 6.45) is 65.6. The molecule has 0 bridgehead atoms. The Morgan fingerprint density at radius 1 is 0.438 bits per heavy atom. The lowest BCUT2D eigenvalue weighted by Gasteiger charge is -2.22. The zero-order valence-corrected chi connectivity index (χ0v) is 42.8. The second-order valence-corrected chi connectivity index (χ2v) is 19.3. The maximum Gasteiger partial charge on any atom is 0.305 e. The molecule has 6 nitrogen and oxygen atoms in total. The van der Waals surface area contributed by atoms with Crippen LogP contribution in [0.4, 0.5) is 0 Å². The molecule has 0 saturated carbocycles. The van der Waals surface area contributed by atoms with Crippen LogP contribution in [0.25, 0.3) is 0 Å². The van der Waals surface area contributed by atoms with Crippen LogP contribution >= 0.6 is 0 Å². The average Bonchev–Trinajstić information content (AvgIpc) is 3.29. The Morgan fingerprint density at radius 2 is 0.781 bits per heavy atom. The van der Waals surface area contributed by atoms with Crippen LogP contribution in [0.2, 0.25) is 0 Å². The molecule has 0 fully saturated rings. The van der Waals surface area contributed by atoms with E-state index in [-0.39, 0.29) is 18.5 Å². The van der Waals surface area contributed by atoms with E-state index >= 15 is 0 Å². The minimum absolute atomic E-state index is 0.0434. The lowest BCUT2D eigenvalue weighted by molar-refractivity contribution is -0.143. The number of esters is 1. The molecule has 0 spiro atoms. The van der Waals surface area contributed by atoms with Crippen LogP contribution in [0.3, 0.4) is 0 Å². The minimum Gasteiger partial charge on any atom is -0.466 e. The standard InChI is InChI=1S/C58H109NO5/c1-3-5-7-9-11-13-15-17-19-21-23-24-26-28-30-34-38-42-46-50-56(61)55(54-60)59-57(62)51-47-43-39-35-32-33-37-41-45-49-53-64-58(63)52-48-44-40-36-31-29-27-25-22-20-18-16-14-12-10-8-6-4-2/h14,16,20,22,33,37,55-56,60-61H,3-13,15,17-19,21,23-32,34-36,38-54H2,1-2H3,(H,59,62)/b16-14-,22-20-,37-33-. The van der Waals surface area contributed by atoms with E-state index in [0.29, 0.717) is 25.9 Å². The van der Waals surface area contributed by atoms with Gasteiger partial charge in [-0.15, -0.1) is 0 Å². The van der Waals surface area contributed by atoms with E-state index in [1.807, 2.05) is 0 Å². The van der Waals surface area contributed by atoms with Crippen molar-refractivity contribution in [2.45, 2.75) is 309 Å². The molecule has 376 valence electrons. The van der Waals surface area contributed by atoms with Gasteiger partial charge >= 0.3 is 5.97 Å². The molecule has 0 aromatic heterocycles. The van der Waals surface area contributed by atoms with Gasteiger partial charge in [0.05, 0.1) is 25.4 Å². The van der Waals surface area contributed by atoms with Gasteiger partial charge in [0.25, 0.3) is 0 Å². The molecule has 0 radical (unpaired) electrons. The number of ether oxygens (including phenoxy) is 1. The molecule has 0 heterocycles. The molecule has 0 aromatic rings. The van der Waals surface area contributed by atoms with Gasteiger partial charge in [0, 0.05) is 12.8 Å². The van der Waals surface area contributed by atoms with E-state index < -0.39 is 12.1 Å². The molecule has 1 amide bonds. The molecular formula is C58H109NO5. The van der Waals surface area contributed by atoms with Gasteiger partial charge < -0.3 is 20.3 Å². The molecular weight excluding hydrogens is 791 g/mol. The molecule has 3 N–H and O–H groups in total. The van der Waals surface area contributed by atoms with Gasteiger partial charge in [-0.3, -0.25) is 9.59 Å². The smallest absolute Gasteiger partial charge is 0.305 e. The van der Waals surface area contributed by atoms with Gasteiger partial charge in [-0.05, 0) is 83.5 Å². The number of aliphatic hydroxyl groups is 2. The van der Waals surface area contributed by atoms with E-state index in [1.54, 1.807) is 0 Å². The van der Waals surface area contributed by atoms with Crippen molar-refractivity contribution in [3.8, 4) is 0 Å². The highest BCUT2D eigenvalue weighted by Crippen LogP contribution is 2.17. The zero-order chi connectivity index (χ0) is 46.5. The first-order valence-electron chi connectivity index (χ1n) is 28.2. The number of amides is 1. The molecule has 64 heavy (non-hydrogen) atoms. The Morgan fingerprint density at radius 3 is 1.22 bits per heavy atom. The normalized spacial score (nSPS) is 12.9. The lowest BCUT2D eigenvalue weighted by Crippen LogP contribution is -2.45. The maximum absolute atomic E-state index is 12.5. The summed E-state index contributed by atoms with van der Waals surface area (Å²) in [7, 11) is 0. The number of hydrogen-bond donors (Lipinski definition) is 3. The summed E-state index contributed by atoms with van der Waals surface area (Å²) in [6, 6.07) is -0.569. The van der Waals surface area contributed by atoms with Crippen molar-refractivity contribution in [1.82, 2.24) is 5.32 Å². The number of aliphatic hydroxyl groups excluding tert-OH is 2. The van der Waals surface area contributed by atoms with Crippen molar-refractivity contribution in [3.63, 3.8) is 0 Å². The summed E-state index contributed by atoms with van der Waals surface area (Å²) < 4.78 is 5.44. The van der Waals surface area contributed by atoms with Gasteiger partial charge in [-0.2, -0.15) is 0 Å². The average molecular weight is 901 g/mol. The van der Waals surface area contributed by atoms with Crippen LogP contribution in [0.1, 0.15) is 296 Å². The van der Waals surface area contributed by atoms with Gasteiger partial charge in [0.15, 0.2) is 0 Å². The molecule has 0 aliphatic rings. The number of allylic oxidation sites excluding steroid dienone is 6. The third-order valence-corrected chi connectivity index (χ3v) is 12.9. The highest BCUT2D eigenvalue weighted by Gasteiger charge is 2.20. The Balaban J connectivity index is 3.52. The Bertz CT molecular complexity index is 1040. The highest BCUT2D eigenvalue weighted by molar-refractivity contribution is 5.76. The summed E-state index contributed by atoms with van der Waals surface area (Å²) in [5.41, 5.74) is 0. The summed E-state index contributed by atoms with van der Waals surface area (Å²) in [6.45, 7) is 4.86. The number of carbonyl (C=O) groups is 2. The maximum atomic E-state index is 12.5. The lowest BCUT2D eigenvalue weighted by atomic mass is 10.0. The highest BCUT2D eigenvalue weighted by atomic mass is 16.5. The summed E-state index contributed by atoms with van der Waals surface area (Å²) in [5.74, 6) is -0.113. The van der Waals surface area contributed by atoms with Crippen LogP contribution in [-0.4, -0.2) is 47.4 Å². The van der Waals surface area contributed by atoms with E-state index in [0.717, 1.165) is 83.5 Å². The van der Waals surface area contributed by atoms with Crippen molar-refractivity contribution < 1.29 is 24.5 Å². The first-order chi connectivity index (χ1) is 31.5. The third kappa shape index (κ3) is 49.5. The number of nitrogens with one attached hydrogen (secondary N) is 1. The molecule has 2 atom stereocenters. The fourth-order valence-corrected chi connectivity index (χ4v) is 8.55. The fourth-order valence-electron chi connectivity index (χ4n) is 8.55. The van der Waals surface area contributed by atoms with Crippen molar-refractivity contribution >= 4 is 11.9 Å². The van der Waals surface area contributed by atoms with Crippen LogP contribution in [0.5, 0.6) is 0 Å². The van der Waals surface area contributed by atoms with Gasteiger partial charge in [-0.1, -0.05) is 237 Å². The van der Waals surface area contributed by atoms with Gasteiger partial charge in [0.2, 0.25) is 5.91 Å². The number of rotatable bonds is 52. The van der Waals surface area contributed by atoms with E-state index in [2.05, 4.69) is 55.6 Å². The molecule has 0 aromatic carbocycles. The van der Waals surface area contributed by atoms with Crippen LogP contribution < -0.4 is 5.32 Å². The van der Waals surface area contributed by atoms with Crippen molar-refractivity contribution in [2.75, 3.05) is 13.2 Å². The van der Waals surface area contributed by atoms with Gasteiger partial charge in [-0.25, -0.2) is 0 Å². The predicted molar refractivity (Wildman–Crippen MR) is 278 cm³/mol. The molecule has 0 aliphatic carbocycles. The summed E-state index contributed by atoms with van der Waals surface area (Å²) in [5, 5.41) is 23.3. The minimum atomic E-state index is -0.688. The summed E-state index contributed by atoms with van der Waals surface area (Å²) >= 11 is 0. The molecule has 0 saturated heterocycles. The van der Waals surface area contributed by atoms with Crippen molar-refractivity contribution in [2.24, 2.45) is 0 Å². The van der Waals surface area contributed by atoms with Crippen molar-refractivity contribution in [3.05, 3.63) is 36.5 Å². The number of hydrogen-bond acceptors (Lipinski definition) is 5. The number of carbonyl (C=O) groups excluding carboxylic acids is 2. The molecule has 0 aliphatic heterocycles. The number of unbranched alkanes of at least 4 members (excludes halogenated alkanes) is 35. The van der Waals surface area contributed by atoms with E-state index in [4.69, 9.17) is 4.74 Å². The van der Waals surface area contributed by atoms with Crippen molar-refractivity contribution in [1.29, 1.82) is 0 Å². The molecule has 0 rings (SSSR count). The Kier molecular flexibility index (Phi) is 52.1. The summed E-state index contributed by atoms with van der Waals surface area (Å²) in [4.78, 5) is 24.5. The SMILES string of the molecule is CCCCCC/C=C\C/C=C\CCCCCCCCCC(=O)OCCCC/C=C\CCCCCCC(=O)NC(CO)C(O)CCCCCCCCCCCCCCCCCCCCC. The van der Waals surface area contributed by atoms with Crippen LogP contribution in [0.15, 0.2) is 36.5 Å². The quantitative estimate of drug-likeness (QED) is 0.0321. The Hall–Kier alpha value is -1.92. The molecule has 2 unspecified atom stereocenters. The second-order valence-electron chi connectivity index (χ2n) is 19.3. The third-order valence-electron chi connectivity index (χ3n) is 12.9. The van der Waals surface area contributed by atoms with Crippen LogP contribution in [-0.2, 0) is 14.3 Å². The van der Waals surface area contributed by atoms with Gasteiger partial charge in [0.1, 0.15) is 0 Å². The van der Waals surface area contributed by atoms with Crippen LogP contribution in [0, 0.1) is 0 Å². The largest absolute Gasteiger partial charge is 0.466 e. The fraction of sp³-hybridized carbons (Fsp3) is 0.862. The Labute approximate surface area is 398 Å². The second kappa shape index (κ2) is 53.7.